The molecule has 1 aromatic carbocycles. The molecule has 1 aliphatic rings. The third-order valence-electron chi connectivity index (χ3n) is 6.40. The minimum absolute atomic E-state index is 0.0424. The second-order valence-corrected chi connectivity index (χ2v) is 10.9. The van der Waals surface area contributed by atoms with Gasteiger partial charge in [-0.3, -0.25) is 13.8 Å². The van der Waals surface area contributed by atoms with Crippen LogP contribution in [0.5, 0.6) is 0 Å². The molecule has 1 atom stereocenters. The lowest BCUT2D eigenvalue weighted by Crippen LogP contribution is -2.48. The van der Waals surface area contributed by atoms with Crippen LogP contribution in [0.2, 0.25) is 0 Å². The van der Waals surface area contributed by atoms with Gasteiger partial charge in [-0.05, 0) is 51.0 Å². The lowest BCUT2D eigenvalue weighted by atomic mass is 9.89. The number of pyridine rings is 1. The Morgan fingerprint density at radius 3 is 2.64 bits per heavy atom. The van der Waals surface area contributed by atoms with E-state index in [2.05, 4.69) is 25.7 Å². The molecule has 11 nitrogen and oxygen atoms in total. The third kappa shape index (κ3) is 5.52. The number of carbonyl (C=O) groups is 1. The Labute approximate surface area is 221 Å². The summed E-state index contributed by atoms with van der Waals surface area (Å²) in [7, 11) is -3.95. The van der Waals surface area contributed by atoms with E-state index in [1.165, 1.54) is 24.4 Å². The molecule has 1 amide bonds. The summed E-state index contributed by atoms with van der Waals surface area (Å²) < 4.78 is 59.5. The molecule has 0 radical (unpaired) electrons. The molecule has 3 N–H and O–H groups in total. The molecule has 5 rings (SSSR count). The van der Waals surface area contributed by atoms with Gasteiger partial charge in [-0.1, -0.05) is 17.7 Å². The van der Waals surface area contributed by atoms with Crippen LogP contribution in [0.1, 0.15) is 47.3 Å². The molecule has 1 fully saturated rings. The van der Waals surface area contributed by atoms with Crippen molar-refractivity contribution < 1.29 is 26.2 Å². The number of hydrogen-bond acceptors (Lipinski definition) is 8. The quantitative estimate of drug-likeness (QED) is 0.280. The Balaban J connectivity index is 1.25. The van der Waals surface area contributed by atoms with E-state index in [-0.39, 0.29) is 34.8 Å². The molecule has 0 saturated heterocycles. The van der Waals surface area contributed by atoms with Gasteiger partial charge in [0.25, 0.3) is 21.6 Å². The molecule has 0 bridgehead atoms. The van der Waals surface area contributed by atoms with Crippen LogP contribution in [0.15, 0.2) is 58.5 Å². The van der Waals surface area contributed by atoms with Crippen molar-refractivity contribution >= 4 is 27.5 Å². The number of aryl methyl sites for hydroxylation is 1. The standard InChI is InChI=1S/C25H24F2N6O5S/c1-13-3-5-18(6-4-13)39(36,37)38-17-10-16(11-17)30-25(35)21-22(27)32-33-8-7-20(31-23(21)33)29-14(2)19-9-15(26)12-28-24(19)34/h3-9,12,14,16-17H,10-11H2,1-2H3,(H,28,34)(H,29,31)(H,30,35)/t14-,16?,17?/m1/s1. The van der Waals surface area contributed by atoms with E-state index in [1.807, 2.05) is 6.92 Å². The van der Waals surface area contributed by atoms with Gasteiger partial charge in [-0.15, -0.1) is 5.10 Å². The number of carbonyl (C=O) groups excluding carboxylic acids is 1. The molecule has 3 heterocycles. The number of amides is 1. The lowest BCUT2D eigenvalue weighted by Gasteiger charge is -2.34. The summed E-state index contributed by atoms with van der Waals surface area (Å²) in [6.07, 6.45) is 2.14. The van der Waals surface area contributed by atoms with Gasteiger partial charge in [0.05, 0.1) is 17.0 Å². The highest BCUT2D eigenvalue weighted by Crippen LogP contribution is 2.28. The molecule has 4 aromatic rings. The number of benzene rings is 1. The van der Waals surface area contributed by atoms with Crippen LogP contribution in [0.3, 0.4) is 0 Å². The molecule has 0 unspecified atom stereocenters. The van der Waals surface area contributed by atoms with Crippen LogP contribution in [-0.2, 0) is 14.3 Å². The highest BCUT2D eigenvalue weighted by atomic mass is 32.2. The highest BCUT2D eigenvalue weighted by Gasteiger charge is 2.36. The van der Waals surface area contributed by atoms with E-state index in [0.29, 0.717) is 0 Å². The highest BCUT2D eigenvalue weighted by molar-refractivity contribution is 7.86. The topological polar surface area (TPSA) is 148 Å². The summed E-state index contributed by atoms with van der Waals surface area (Å²) >= 11 is 0. The molecule has 39 heavy (non-hydrogen) atoms. The van der Waals surface area contributed by atoms with Crippen LogP contribution in [0.25, 0.3) is 5.65 Å². The number of nitrogens with zero attached hydrogens (tertiary/aromatic N) is 3. The van der Waals surface area contributed by atoms with Crippen LogP contribution in [-0.4, -0.2) is 46.1 Å². The summed E-state index contributed by atoms with van der Waals surface area (Å²) in [5.74, 6) is -2.23. The summed E-state index contributed by atoms with van der Waals surface area (Å²) in [4.78, 5) is 31.6. The zero-order valence-electron chi connectivity index (χ0n) is 20.8. The van der Waals surface area contributed by atoms with Gasteiger partial charge < -0.3 is 15.6 Å². The first-order valence-electron chi connectivity index (χ1n) is 12.0. The van der Waals surface area contributed by atoms with Crippen molar-refractivity contribution in [3.63, 3.8) is 0 Å². The first kappa shape index (κ1) is 26.4. The Hall–Kier alpha value is -4.17. The first-order valence-corrected chi connectivity index (χ1v) is 13.4. The lowest BCUT2D eigenvalue weighted by molar-refractivity contribution is 0.0730. The maximum atomic E-state index is 14.7. The van der Waals surface area contributed by atoms with Crippen molar-refractivity contribution in [2.45, 2.75) is 49.8 Å². The van der Waals surface area contributed by atoms with E-state index in [0.717, 1.165) is 22.3 Å². The predicted molar refractivity (Wildman–Crippen MR) is 136 cm³/mol. The van der Waals surface area contributed by atoms with Crippen LogP contribution >= 0.6 is 0 Å². The van der Waals surface area contributed by atoms with Gasteiger partial charge in [-0.2, -0.15) is 12.8 Å². The fourth-order valence-corrected chi connectivity index (χ4v) is 5.33. The fraction of sp³-hybridized carbons (Fsp3) is 0.280. The molecule has 14 heteroatoms. The minimum Gasteiger partial charge on any atom is -0.363 e. The maximum Gasteiger partial charge on any atom is 0.297 e. The largest absolute Gasteiger partial charge is 0.363 e. The van der Waals surface area contributed by atoms with Crippen LogP contribution < -0.4 is 16.2 Å². The second-order valence-electron chi connectivity index (χ2n) is 9.34. The van der Waals surface area contributed by atoms with E-state index >= 15 is 0 Å². The third-order valence-corrected chi connectivity index (χ3v) is 7.77. The molecule has 1 saturated carbocycles. The van der Waals surface area contributed by atoms with E-state index in [9.17, 15) is 26.8 Å². The fourth-order valence-electron chi connectivity index (χ4n) is 4.23. The van der Waals surface area contributed by atoms with Crippen LogP contribution in [0, 0.1) is 18.7 Å². The zero-order chi connectivity index (χ0) is 27.9. The first-order chi connectivity index (χ1) is 18.5. The summed E-state index contributed by atoms with van der Waals surface area (Å²) in [5.41, 5.74) is 0.0767. The predicted octanol–water partition coefficient (Wildman–Crippen LogP) is 2.84. The Bertz CT molecular complexity index is 1720. The smallest absolute Gasteiger partial charge is 0.297 e. The van der Waals surface area contributed by atoms with Gasteiger partial charge in [0.15, 0.2) is 5.65 Å². The molecule has 204 valence electrons. The number of fused-ring (bicyclic) bond motifs is 1. The van der Waals surface area contributed by atoms with Crippen molar-refractivity contribution in [2.24, 2.45) is 0 Å². The van der Waals surface area contributed by atoms with Gasteiger partial charge in [0.2, 0.25) is 5.95 Å². The SMILES string of the molecule is Cc1ccc(S(=O)(=O)OC2CC(NC(=O)c3c(F)nn4ccc(N[C@H](C)c5cc(F)c[nH]c5=O)nc34)C2)cc1. The minimum atomic E-state index is -3.95. The number of H-pyrrole nitrogens is 1. The number of anilines is 1. The zero-order valence-corrected chi connectivity index (χ0v) is 21.6. The van der Waals surface area contributed by atoms with Crippen molar-refractivity contribution in [1.29, 1.82) is 0 Å². The normalized spacial score (nSPS) is 17.9. The number of hydrogen-bond donors (Lipinski definition) is 3. The van der Waals surface area contributed by atoms with Crippen molar-refractivity contribution in [1.82, 2.24) is 24.9 Å². The van der Waals surface area contributed by atoms with Crippen molar-refractivity contribution in [2.75, 3.05) is 5.32 Å². The Kier molecular flexibility index (Phi) is 6.91. The average molecular weight is 559 g/mol. The summed E-state index contributed by atoms with van der Waals surface area (Å²) in [6.45, 7) is 3.46. The average Bonchev–Trinajstić information content (AvgIpc) is 3.19. The Morgan fingerprint density at radius 1 is 1.21 bits per heavy atom. The monoisotopic (exact) mass is 558 g/mol. The molecular formula is C25H24F2N6O5S. The number of halogens is 2. The molecular weight excluding hydrogens is 534 g/mol. The van der Waals surface area contributed by atoms with Crippen LogP contribution in [0.4, 0.5) is 14.6 Å². The van der Waals surface area contributed by atoms with Gasteiger partial charge in [-0.25, -0.2) is 13.9 Å². The number of aromatic nitrogens is 4. The molecule has 0 aliphatic heterocycles. The number of aromatic amines is 1. The summed E-state index contributed by atoms with van der Waals surface area (Å²) in [5, 5.41) is 9.28. The molecule has 1 aliphatic carbocycles. The molecule has 0 spiro atoms. The van der Waals surface area contributed by atoms with Crippen molar-refractivity contribution in [3.05, 3.63) is 87.6 Å². The second kappa shape index (κ2) is 10.2. The number of rotatable bonds is 8. The van der Waals surface area contributed by atoms with Gasteiger partial charge in [0.1, 0.15) is 17.2 Å². The van der Waals surface area contributed by atoms with Crippen molar-refractivity contribution in [3.8, 4) is 0 Å². The van der Waals surface area contributed by atoms with Gasteiger partial charge in [0, 0.05) is 24.0 Å². The van der Waals surface area contributed by atoms with E-state index < -0.39 is 57.1 Å². The molecule has 3 aromatic heterocycles. The van der Waals surface area contributed by atoms with E-state index in [1.54, 1.807) is 19.1 Å². The summed E-state index contributed by atoms with van der Waals surface area (Å²) in [6, 6.07) is 7.72. The Morgan fingerprint density at radius 2 is 1.92 bits per heavy atom. The van der Waals surface area contributed by atoms with E-state index in [4.69, 9.17) is 4.18 Å². The maximum absolute atomic E-state index is 14.7. The van der Waals surface area contributed by atoms with Gasteiger partial charge >= 0.3 is 0 Å². The number of nitrogens with one attached hydrogen (secondary N) is 3.